The lowest BCUT2D eigenvalue weighted by molar-refractivity contribution is -0.144. The zero-order valence-corrected chi connectivity index (χ0v) is 23.3. The molecule has 0 aliphatic rings. The molecular formula is C27H43N3O8. The maximum Gasteiger partial charge on any atom is 0.408 e. The average molecular weight is 538 g/mol. The molecule has 0 heterocycles. The van der Waals surface area contributed by atoms with E-state index in [1.807, 2.05) is 6.92 Å². The molecule has 1 aromatic rings. The molecule has 214 valence electrons. The number of nitrogens with zero attached hydrogens (tertiary/aromatic N) is 1. The van der Waals surface area contributed by atoms with Crippen LogP contribution in [0.15, 0.2) is 18.2 Å². The summed E-state index contributed by atoms with van der Waals surface area (Å²) in [4.78, 5) is 52.6. The monoisotopic (exact) mass is 537 g/mol. The fourth-order valence-electron chi connectivity index (χ4n) is 3.67. The highest BCUT2D eigenvalue weighted by atomic mass is 16.6. The standard InChI is InChI=1S/C27H43N3O8/c1-7-9-10-15-30(25(35)20(17-31)29-26(36)38-27(4,5)6)23(19-11-12-21(32)18(3)16-19)24(34)28-14-13-22(33)37-8-2/h11-12,16,20,23,31-32H,7-10,13-15,17H2,1-6H3,(H,28,34)(H,29,36). The number of phenols is 1. The van der Waals surface area contributed by atoms with E-state index >= 15 is 0 Å². The number of ether oxygens (including phenoxy) is 2. The molecule has 11 nitrogen and oxygen atoms in total. The Morgan fingerprint density at radius 3 is 2.34 bits per heavy atom. The first-order valence-electron chi connectivity index (χ1n) is 13.0. The fraction of sp³-hybridized carbons (Fsp3) is 0.630. The molecule has 0 saturated heterocycles. The van der Waals surface area contributed by atoms with Gasteiger partial charge in [0.15, 0.2) is 0 Å². The van der Waals surface area contributed by atoms with Crippen LogP contribution in [-0.2, 0) is 23.9 Å². The number of unbranched alkanes of at least 4 members (excludes halogenated alkanes) is 2. The van der Waals surface area contributed by atoms with Crippen molar-refractivity contribution in [2.45, 2.75) is 84.9 Å². The van der Waals surface area contributed by atoms with Crippen molar-refractivity contribution in [3.05, 3.63) is 29.3 Å². The second kappa shape index (κ2) is 15.8. The molecule has 3 amide bonds. The number of rotatable bonds is 14. The summed E-state index contributed by atoms with van der Waals surface area (Å²) in [5.41, 5.74) is 0.102. The number of carbonyl (C=O) groups excluding carboxylic acids is 4. The van der Waals surface area contributed by atoms with Crippen molar-refractivity contribution in [3.63, 3.8) is 0 Å². The van der Waals surface area contributed by atoms with Crippen molar-refractivity contribution in [3.8, 4) is 5.75 Å². The molecule has 38 heavy (non-hydrogen) atoms. The van der Waals surface area contributed by atoms with Crippen molar-refractivity contribution in [2.24, 2.45) is 0 Å². The van der Waals surface area contributed by atoms with Gasteiger partial charge in [-0.1, -0.05) is 25.8 Å². The highest BCUT2D eigenvalue weighted by Crippen LogP contribution is 2.27. The molecule has 1 aromatic carbocycles. The Hall–Kier alpha value is -3.34. The topological polar surface area (TPSA) is 154 Å². The van der Waals surface area contributed by atoms with Gasteiger partial charge in [-0.05, 0) is 64.3 Å². The fourth-order valence-corrected chi connectivity index (χ4v) is 3.67. The highest BCUT2D eigenvalue weighted by Gasteiger charge is 2.36. The first-order chi connectivity index (χ1) is 17.8. The molecule has 0 bridgehead atoms. The molecule has 2 atom stereocenters. The second-order valence-electron chi connectivity index (χ2n) is 9.91. The quantitative estimate of drug-likeness (QED) is 0.209. The Bertz CT molecular complexity index is 945. The summed E-state index contributed by atoms with van der Waals surface area (Å²) < 4.78 is 10.1. The van der Waals surface area contributed by atoms with Crippen molar-refractivity contribution in [1.82, 2.24) is 15.5 Å². The lowest BCUT2D eigenvalue weighted by atomic mass is 9.99. The van der Waals surface area contributed by atoms with Gasteiger partial charge in [-0.2, -0.15) is 0 Å². The number of carbonyl (C=O) groups is 4. The van der Waals surface area contributed by atoms with Crippen LogP contribution < -0.4 is 10.6 Å². The second-order valence-corrected chi connectivity index (χ2v) is 9.91. The van der Waals surface area contributed by atoms with E-state index < -0.39 is 48.2 Å². The Balaban J connectivity index is 3.37. The van der Waals surface area contributed by atoms with Crippen LogP contribution in [0.25, 0.3) is 0 Å². The number of nitrogens with one attached hydrogen (secondary N) is 2. The summed E-state index contributed by atoms with van der Waals surface area (Å²) in [5.74, 6) is -1.68. The summed E-state index contributed by atoms with van der Waals surface area (Å²) in [6, 6.07) is 2.05. The number of hydrogen-bond donors (Lipinski definition) is 4. The Morgan fingerprint density at radius 2 is 1.79 bits per heavy atom. The van der Waals surface area contributed by atoms with Gasteiger partial charge in [-0.3, -0.25) is 14.4 Å². The summed E-state index contributed by atoms with van der Waals surface area (Å²) in [6.07, 6.45) is 1.27. The zero-order chi connectivity index (χ0) is 28.9. The van der Waals surface area contributed by atoms with Crippen molar-refractivity contribution in [2.75, 3.05) is 26.3 Å². The number of aromatic hydroxyl groups is 1. The molecule has 0 radical (unpaired) electrons. The van der Waals surface area contributed by atoms with Crippen LogP contribution in [0.1, 0.15) is 77.5 Å². The number of aliphatic hydroxyl groups excluding tert-OH is 1. The summed E-state index contributed by atoms with van der Waals surface area (Å²) in [7, 11) is 0. The third kappa shape index (κ3) is 11.0. The molecule has 0 saturated carbocycles. The molecule has 11 heteroatoms. The van der Waals surface area contributed by atoms with Crippen LogP contribution in [0.2, 0.25) is 0 Å². The van der Waals surface area contributed by atoms with Gasteiger partial charge in [-0.25, -0.2) is 4.79 Å². The Kier molecular flexibility index (Phi) is 13.6. The maximum atomic E-state index is 13.7. The average Bonchev–Trinajstić information content (AvgIpc) is 2.82. The molecule has 2 unspecified atom stereocenters. The van der Waals surface area contributed by atoms with Crippen LogP contribution in [0.3, 0.4) is 0 Å². The van der Waals surface area contributed by atoms with E-state index in [1.54, 1.807) is 40.7 Å². The van der Waals surface area contributed by atoms with Gasteiger partial charge in [-0.15, -0.1) is 0 Å². The number of alkyl carbamates (subject to hydrolysis) is 1. The number of aliphatic hydroxyl groups is 1. The van der Waals surface area contributed by atoms with E-state index in [0.29, 0.717) is 17.5 Å². The Labute approximate surface area is 224 Å². The zero-order valence-electron chi connectivity index (χ0n) is 23.3. The molecule has 4 N–H and O–H groups in total. The molecule has 0 aliphatic heterocycles. The van der Waals surface area contributed by atoms with E-state index in [9.17, 15) is 29.4 Å². The van der Waals surface area contributed by atoms with E-state index in [0.717, 1.165) is 12.8 Å². The van der Waals surface area contributed by atoms with Crippen molar-refractivity contribution in [1.29, 1.82) is 0 Å². The first kappa shape index (κ1) is 32.7. The van der Waals surface area contributed by atoms with Gasteiger partial charge in [0.25, 0.3) is 0 Å². The predicted molar refractivity (Wildman–Crippen MR) is 141 cm³/mol. The van der Waals surface area contributed by atoms with E-state index in [-0.39, 0.29) is 31.9 Å². The van der Waals surface area contributed by atoms with Crippen LogP contribution in [0, 0.1) is 6.92 Å². The summed E-state index contributed by atoms with van der Waals surface area (Å²) >= 11 is 0. The number of hydrogen-bond acceptors (Lipinski definition) is 8. The molecule has 0 aliphatic carbocycles. The molecule has 1 rings (SSSR count). The van der Waals surface area contributed by atoms with Crippen LogP contribution in [0.5, 0.6) is 5.75 Å². The van der Waals surface area contributed by atoms with Crippen LogP contribution in [-0.4, -0.2) is 76.9 Å². The van der Waals surface area contributed by atoms with Gasteiger partial charge >= 0.3 is 12.1 Å². The van der Waals surface area contributed by atoms with Crippen LogP contribution >= 0.6 is 0 Å². The van der Waals surface area contributed by atoms with Crippen molar-refractivity contribution >= 4 is 23.9 Å². The minimum Gasteiger partial charge on any atom is -0.508 e. The van der Waals surface area contributed by atoms with Crippen LogP contribution in [0.4, 0.5) is 4.79 Å². The normalized spacial score (nSPS) is 12.7. The van der Waals surface area contributed by atoms with E-state index in [4.69, 9.17) is 9.47 Å². The maximum absolute atomic E-state index is 13.7. The number of phenolic OH excluding ortho intramolecular Hbond substituents is 1. The molecular weight excluding hydrogens is 494 g/mol. The van der Waals surface area contributed by atoms with E-state index in [1.165, 1.54) is 17.0 Å². The number of esters is 1. The summed E-state index contributed by atoms with van der Waals surface area (Å²) in [5, 5.41) is 25.1. The third-order valence-corrected chi connectivity index (χ3v) is 5.49. The Morgan fingerprint density at radius 1 is 1.11 bits per heavy atom. The highest BCUT2D eigenvalue weighted by molar-refractivity contribution is 5.92. The number of aryl methyl sites for hydroxylation is 1. The SMILES string of the molecule is CCCCCN(C(=O)C(CO)NC(=O)OC(C)(C)C)C(C(=O)NCCC(=O)OCC)c1ccc(O)c(C)c1. The smallest absolute Gasteiger partial charge is 0.408 e. The lowest BCUT2D eigenvalue weighted by Crippen LogP contribution is -2.54. The molecule has 0 aromatic heterocycles. The minimum atomic E-state index is -1.36. The van der Waals surface area contributed by atoms with Gasteiger partial charge < -0.3 is 35.2 Å². The van der Waals surface area contributed by atoms with E-state index in [2.05, 4.69) is 10.6 Å². The number of amides is 3. The molecule has 0 fully saturated rings. The lowest BCUT2D eigenvalue weighted by Gasteiger charge is -2.34. The summed E-state index contributed by atoms with van der Waals surface area (Å²) in [6.45, 7) is 10.0. The third-order valence-electron chi connectivity index (χ3n) is 5.49. The largest absolute Gasteiger partial charge is 0.508 e. The first-order valence-corrected chi connectivity index (χ1v) is 13.0. The number of benzene rings is 1. The van der Waals surface area contributed by atoms with Gasteiger partial charge in [0, 0.05) is 13.1 Å². The van der Waals surface area contributed by atoms with Gasteiger partial charge in [0.05, 0.1) is 19.6 Å². The molecule has 0 spiro atoms. The predicted octanol–water partition coefficient (Wildman–Crippen LogP) is 2.72. The van der Waals surface area contributed by atoms with Crippen molar-refractivity contribution < 1.29 is 38.9 Å². The van der Waals surface area contributed by atoms with Gasteiger partial charge in [0.1, 0.15) is 23.4 Å². The van der Waals surface area contributed by atoms with Gasteiger partial charge in [0.2, 0.25) is 11.8 Å². The minimum absolute atomic E-state index is 0.0121.